The van der Waals surface area contributed by atoms with E-state index < -0.39 is 0 Å². The van der Waals surface area contributed by atoms with Gasteiger partial charge in [-0.15, -0.1) is 0 Å². The van der Waals surface area contributed by atoms with Gasteiger partial charge >= 0.3 is 0 Å². The number of rotatable bonds is 5. The lowest BCUT2D eigenvalue weighted by Crippen LogP contribution is -2.36. The number of morpholine rings is 1. The molecule has 25 heavy (non-hydrogen) atoms. The van der Waals surface area contributed by atoms with Crippen molar-refractivity contribution in [1.29, 1.82) is 0 Å². The zero-order valence-corrected chi connectivity index (χ0v) is 14.7. The van der Waals surface area contributed by atoms with E-state index in [1.807, 2.05) is 24.0 Å². The van der Waals surface area contributed by atoms with Crippen molar-refractivity contribution in [2.75, 3.05) is 37.8 Å². The van der Waals surface area contributed by atoms with E-state index in [4.69, 9.17) is 9.47 Å². The molecule has 4 rings (SSSR count). The van der Waals surface area contributed by atoms with E-state index in [1.165, 1.54) is 11.3 Å². The van der Waals surface area contributed by atoms with E-state index in [-0.39, 0.29) is 6.10 Å². The lowest BCUT2D eigenvalue weighted by Gasteiger charge is -2.29. The zero-order valence-electron chi connectivity index (χ0n) is 14.7. The number of benzene rings is 1. The molecule has 0 radical (unpaired) electrons. The van der Waals surface area contributed by atoms with Crippen LogP contribution in [0.15, 0.2) is 36.5 Å². The molecule has 6 nitrogen and oxygen atoms in total. The van der Waals surface area contributed by atoms with Crippen molar-refractivity contribution in [3.63, 3.8) is 0 Å². The number of anilines is 1. The largest absolute Gasteiger partial charge is 0.378 e. The van der Waals surface area contributed by atoms with E-state index in [0.717, 1.165) is 51.6 Å². The van der Waals surface area contributed by atoms with E-state index in [0.29, 0.717) is 6.04 Å². The molecule has 3 heterocycles. The van der Waals surface area contributed by atoms with Crippen molar-refractivity contribution in [3.05, 3.63) is 47.8 Å². The Morgan fingerprint density at radius 3 is 2.64 bits per heavy atom. The first-order chi connectivity index (χ1) is 12.3. The first-order valence-electron chi connectivity index (χ1n) is 9.06. The Kier molecular flexibility index (Phi) is 5.01. The second-order valence-corrected chi connectivity index (χ2v) is 6.71. The highest BCUT2D eigenvalue weighted by Crippen LogP contribution is 2.29. The number of aromatic nitrogens is 2. The van der Waals surface area contributed by atoms with Crippen molar-refractivity contribution in [2.24, 2.45) is 7.05 Å². The SMILES string of the molecule is Cn1nccc1[C@H]1OCC[C@@H]1NCc1ccc(N2CCOCC2)cc1. The fraction of sp³-hybridized carbons (Fsp3) is 0.526. The summed E-state index contributed by atoms with van der Waals surface area (Å²) >= 11 is 0. The van der Waals surface area contributed by atoms with Crippen LogP contribution in [0.5, 0.6) is 0 Å². The normalized spacial score (nSPS) is 24.0. The molecular weight excluding hydrogens is 316 g/mol. The minimum absolute atomic E-state index is 0.0834. The van der Waals surface area contributed by atoms with Crippen LogP contribution in [0.1, 0.15) is 23.8 Å². The molecule has 1 N–H and O–H groups in total. The molecule has 0 saturated carbocycles. The van der Waals surface area contributed by atoms with Crippen LogP contribution >= 0.6 is 0 Å². The molecule has 2 aliphatic heterocycles. The van der Waals surface area contributed by atoms with Gasteiger partial charge in [0.25, 0.3) is 0 Å². The summed E-state index contributed by atoms with van der Waals surface area (Å²) < 4.78 is 13.3. The van der Waals surface area contributed by atoms with Crippen molar-refractivity contribution in [3.8, 4) is 0 Å². The predicted octanol–water partition coefficient (Wildman–Crippen LogP) is 1.88. The van der Waals surface area contributed by atoms with Gasteiger partial charge in [0.2, 0.25) is 0 Å². The van der Waals surface area contributed by atoms with Gasteiger partial charge in [-0.2, -0.15) is 5.10 Å². The van der Waals surface area contributed by atoms with Gasteiger partial charge in [0.05, 0.1) is 18.9 Å². The maximum atomic E-state index is 5.94. The number of aryl methyl sites for hydroxylation is 1. The molecule has 2 aliphatic rings. The number of ether oxygens (including phenoxy) is 2. The number of nitrogens with one attached hydrogen (secondary N) is 1. The predicted molar refractivity (Wildman–Crippen MR) is 96.6 cm³/mol. The minimum atomic E-state index is 0.0834. The summed E-state index contributed by atoms with van der Waals surface area (Å²) in [5.41, 5.74) is 3.72. The highest BCUT2D eigenvalue weighted by atomic mass is 16.5. The Bertz CT molecular complexity index is 679. The fourth-order valence-corrected chi connectivity index (χ4v) is 3.65. The molecule has 134 valence electrons. The van der Waals surface area contributed by atoms with Crippen molar-refractivity contribution in [1.82, 2.24) is 15.1 Å². The molecular formula is C19H26N4O2. The monoisotopic (exact) mass is 342 g/mol. The third-order valence-electron chi connectivity index (χ3n) is 5.12. The van der Waals surface area contributed by atoms with Crippen LogP contribution in [0.2, 0.25) is 0 Å². The van der Waals surface area contributed by atoms with Crippen molar-refractivity contribution in [2.45, 2.75) is 25.1 Å². The maximum Gasteiger partial charge on any atom is 0.114 e. The Morgan fingerprint density at radius 2 is 1.92 bits per heavy atom. The van der Waals surface area contributed by atoms with Gasteiger partial charge in [-0.1, -0.05) is 12.1 Å². The summed E-state index contributed by atoms with van der Waals surface area (Å²) in [4.78, 5) is 2.38. The van der Waals surface area contributed by atoms with Gasteiger partial charge in [0.1, 0.15) is 6.10 Å². The Balaban J connectivity index is 1.35. The van der Waals surface area contributed by atoms with E-state index in [9.17, 15) is 0 Å². The van der Waals surface area contributed by atoms with Gasteiger partial charge < -0.3 is 19.7 Å². The van der Waals surface area contributed by atoms with Gasteiger partial charge in [-0.05, 0) is 30.2 Å². The summed E-state index contributed by atoms with van der Waals surface area (Å²) in [5.74, 6) is 0. The highest BCUT2D eigenvalue weighted by Gasteiger charge is 2.31. The molecule has 6 heteroatoms. The van der Waals surface area contributed by atoms with Crippen LogP contribution in [0, 0.1) is 0 Å². The molecule has 0 bridgehead atoms. The van der Waals surface area contributed by atoms with Crippen molar-refractivity contribution >= 4 is 5.69 Å². The van der Waals surface area contributed by atoms with E-state index in [1.54, 1.807) is 0 Å². The van der Waals surface area contributed by atoms with Gasteiger partial charge in [-0.25, -0.2) is 0 Å². The van der Waals surface area contributed by atoms with Crippen LogP contribution < -0.4 is 10.2 Å². The highest BCUT2D eigenvalue weighted by molar-refractivity contribution is 5.47. The Labute approximate surface area is 148 Å². The third kappa shape index (κ3) is 3.71. The van der Waals surface area contributed by atoms with Crippen molar-refractivity contribution < 1.29 is 9.47 Å². The number of nitrogens with zero attached hydrogens (tertiary/aromatic N) is 3. The van der Waals surface area contributed by atoms with Crippen LogP contribution in [0.3, 0.4) is 0 Å². The Morgan fingerprint density at radius 1 is 1.12 bits per heavy atom. The average Bonchev–Trinajstić information content (AvgIpc) is 3.29. The van der Waals surface area contributed by atoms with E-state index >= 15 is 0 Å². The molecule has 2 fully saturated rings. The first-order valence-corrected chi connectivity index (χ1v) is 9.06. The summed E-state index contributed by atoms with van der Waals surface area (Å²) in [5, 5.41) is 7.93. The number of hydrogen-bond donors (Lipinski definition) is 1. The van der Waals surface area contributed by atoms with Crippen LogP contribution in [-0.2, 0) is 23.1 Å². The van der Waals surface area contributed by atoms with E-state index in [2.05, 4.69) is 39.6 Å². The second kappa shape index (κ2) is 7.56. The van der Waals surface area contributed by atoms with Crippen LogP contribution in [0.25, 0.3) is 0 Å². The molecule has 2 aromatic rings. The smallest absolute Gasteiger partial charge is 0.114 e. The summed E-state index contributed by atoms with van der Waals surface area (Å²) in [7, 11) is 1.97. The average molecular weight is 342 g/mol. The first kappa shape index (κ1) is 16.6. The number of hydrogen-bond acceptors (Lipinski definition) is 5. The third-order valence-corrected chi connectivity index (χ3v) is 5.12. The molecule has 2 atom stereocenters. The standard InChI is InChI=1S/C19H26N4O2/c1-22-18(6-8-21-22)19-17(7-11-25-19)20-14-15-2-4-16(5-3-15)23-9-12-24-13-10-23/h2-6,8,17,19-20H,7,9-14H2,1H3/t17-,19-/m0/s1. The molecule has 1 aromatic carbocycles. The maximum absolute atomic E-state index is 5.94. The molecule has 0 unspecified atom stereocenters. The molecule has 0 spiro atoms. The molecule has 0 aliphatic carbocycles. The van der Waals surface area contributed by atoms with Gasteiger partial charge in [0.15, 0.2) is 0 Å². The van der Waals surface area contributed by atoms with Crippen LogP contribution in [0.4, 0.5) is 5.69 Å². The lowest BCUT2D eigenvalue weighted by atomic mass is 10.1. The minimum Gasteiger partial charge on any atom is -0.378 e. The zero-order chi connectivity index (χ0) is 17.1. The second-order valence-electron chi connectivity index (χ2n) is 6.71. The summed E-state index contributed by atoms with van der Waals surface area (Å²) in [6.45, 7) is 5.24. The molecule has 2 saturated heterocycles. The van der Waals surface area contributed by atoms with Gasteiger partial charge in [-0.3, -0.25) is 4.68 Å². The topological polar surface area (TPSA) is 51.5 Å². The quantitative estimate of drug-likeness (QED) is 0.899. The Hall–Kier alpha value is -1.89. The van der Waals surface area contributed by atoms with Gasteiger partial charge in [0, 0.05) is 51.2 Å². The van der Waals surface area contributed by atoms with Crippen LogP contribution in [-0.4, -0.2) is 48.7 Å². The fourth-order valence-electron chi connectivity index (χ4n) is 3.65. The summed E-state index contributed by atoms with van der Waals surface area (Å²) in [6, 6.07) is 11.2. The summed E-state index contributed by atoms with van der Waals surface area (Å²) in [6.07, 6.45) is 2.94. The lowest BCUT2D eigenvalue weighted by molar-refractivity contribution is 0.0919. The molecule has 0 amide bonds. The molecule has 1 aromatic heterocycles.